The van der Waals surface area contributed by atoms with Crippen LogP contribution >= 0.6 is 11.3 Å². The molecule has 0 atom stereocenters. The van der Waals surface area contributed by atoms with E-state index >= 15 is 0 Å². The van der Waals surface area contributed by atoms with Gasteiger partial charge in [0.05, 0.1) is 11.1 Å². The van der Waals surface area contributed by atoms with E-state index in [-0.39, 0.29) is 11.8 Å². The third-order valence-electron chi connectivity index (χ3n) is 4.26. The van der Waals surface area contributed by atoms with Gasteiger partial charge < -0.3 is 13.7 Å². The summed E-state index contributed by atoms with van der Waals surface area (Å²) in [6.07, 6.45) is 3.24. The first-order chi connectivity index (χ1) is 11.7. The Morgan fingerprint density at radius 2 is 2.08 bits per heavy atom. The van der Waals surface area contributed by atoms with Crippen LogP contribution in [0.4, 0.5) is 0 Å². The molecule has 1 fully saturated rings. The zero-order valence-electron chi connectivity index (χ0n) is 13.3. The molecule has 3 aromatic heterocycles. The molecule has 4 heterocycles. The molecule has 3 aromatic rings. The van der Waals surface area contributed by atoms with Gasteiger partial charge in [-0.3, -0.25) is 4.79 Å². The molecule has 7 heteroatoms. The van der Waals surface area contributed by atoms with Gasteiger partial charge in [-0.2, -0.15) is 0 Å². The van der Waals surface area contributed by atoms with E-state index in [9.17, 15) is 4.79 Å². The van der Waals surface area contributed by atoms with Crippen molar-refractivity contribution in [3.8, 4) is 11.7 Å². The summed E-state index contributed by atoms with van der Waals surface area (Å²) in [4.78, 5) is 16.4. The van der Waals surface area contributed by atoms with Crippen molar-refractivity contribution in [3.63, 3.8) is 0 Å². The van der Waals surface area contributed by atoms with Crippen molar-refractivity contribution in [2.24, 2.45) is 0 Å². The van der Waals surface area contributed by atoms with Crippen LogP contribution in [0, 0.1) is 6.92 Å². The molecule has 4 rings (SSSR count). The molecule has 1 saturated heterocycles. The van der Waals surface area contributed by atoms with Gasteiger partial charge in [-0.25, -0.2) is 0 Å². The molecule has 124 valence electrons. The SMILES string of the molecule is Cc1ccc(C(=O)N2CCC(c3nnc(-c4ccco4)o3)CC2)s1. The van der Waals surface area contributed by atoms with Gasteiger partial charge in [-0.1, -0.05) is 0 Å². The predicted octanol–water partition coefficient (Wildman–Crippen LogP) is 3.72. The quantitative estimate of drug-likeness (QED) is 0.725. The molecule has 1 aliphatic heterocycles. The van der Waals surface area contributed by atoms with Crippen molar-refractivity contribution >= 4 is 17.2 Å². The number of carbonyl (C=O) groups excluding carboxylic acids is 1. The maximum Gasteiger partial charge on any atom is 0.283 e. The number of piperidine rings is 1. The zero-order chi connectivity index (χ0) is 16.5. The van der Waals surface area contributed by atoms with E-state index in [2.05, 4.69) is 10.2 Å². The minimum atomic E-state index is 0.119. The van der Waals surface area contributed by atoms with Crippen molar-refractivity contribution in [2.75, 3.05) is 13.1 Å². The number of furan rings is 1. The van der Waals surface area contributed by atoms with E-state index in [1.165, 1.54) is 0 Å². The van der Waals surface area contributed by atoms with Crippen LogP contribution in [0.5, 0.6) is 0 Å². The highest BCUT2D eigenvalue weighted by Crippen LogP contribution is 2.30. The van der Waals surface area contributed by atoms with Gasteiger partial charge in [0, 0.05) is 23.9 Å². The lowest BCUT2D eigenvalue weighted by atomic mass is 9.97. The fourth-order valence-corrected chi connectivity index (χ4v) is 3.77. The molecule has 24 heavy (non-hydrogen) atoms. The van der Waals surface area contributed by atoms with E-state index in [0.717, 1.165) is 22.6 Å². The second kappa shape index (κ2) is 6.24. The Balaban J connectivity index is 1.40. The van der Waals surface area contributed by atoms with E-state index in [4.69, 9.17) is 8.83 Å². The van der Waals surface area contributed by atoms with Gasteiger partial charge in [0.15, 0.2) is 5.76 Å². The Kier molecular flexibility index (Phi) is 3.93. The number of rotatable bonds is 3. The lowest BCUT2D eigenvalue weighted by Crippen LogP contribution is -2.37. The normalized spacial score (nSPS) is 15.8. The average Bonchev–Trinajstić information content (AvgIpc) is 3.35. The number of likely N-dealkylation sites (tertiary alicyclic amines) is 1. The molecule has 0 aliphatic carbocycles. The number of hydrogen-bond donors (Lipinski definition) is 0. The summed E-state index contributed by atoms with van der Waals surface area (Å²) in [7, 11) is 0. The zero-order valence-corrected chi connectivity index (χ0v) is 14.1. The summed E-state index contributed by atoms with van der Waals surface area (Å²) in [5.74, 6) is 1.92. The fourth-order valence-electron chi connectivity index (χ4n) is 2.93. The van der Waals surface area contributed by atoms with Gasteiger partial charge >= 0.3 is 0 Å². The topological polar surface area (TPSA) is 72.4 Å². The second-order valence-electron chi connectivity index (χ2n) is 5.90. The maximum atomic E-state index is 12.5. The molecule has 6 nitrogen and oxygen atoms in total. The van der Waals surface area contributed by atoms with Crippen LogP contribution in [0.2, 0.25) is 0 Å². The van der Waals surface area contributed by atoms with Gasteiger partial charge in [0.25, 0.3) is 11.8 Å². The van der Waals surface area contributed by atoms with Gasteiger partial charge in [0.1, 0.15) is 0 Å². The monoisotopic (exact) mass is 343 g/mol. The highest BCUT2D eigenvalue weighted by molar-refractivity contribution is 7.13. The van der Waals surface area contributed by atoms with E-state index < -0.39 is 0 Å². The third kappa shape index (κ3) is 2.87. The largest absolute Gasteiger partial charge is 0.459 e. The Bertz CT molecular complexity index is 829. The summed E-state index contributed by atoms with van der Waals surface area (Å²) >= 11 is 1.55. The van der Waals surface area contributed by atoms with Gasteiger partial charge in [0.2, 0.25) is 5.89 Å². The van der Waals surface area contributed by atoms with E-state index in [1.807, 2.05) is 24.0 Å². The van der Waals surface area contributed by atoms with Crippen LogP contribution in [-0.4, -0.2) is 34.1 Å². The van der Waals surface area contributed by atoms with Crippen LogP contribution in [0.3, 0.4) is 0 Å². The van der Waals surface area contributed by atoms with Crippen LogP contribution < -0.4 is 0 Å². The highest BCUT2D eigenvalue weighted by Gasteiger charge is 2.28. The number of thiophene rings is 1. The summed E-state index contributed by atoms with van der Waals surface area (Å²) in [6.45, 7) is 3.43. The summed E-state index contributed by atoms with van der Waals surface area (Å²) in [5, 5.41) is 8.20. The second-order valence-corrected chi connectivity index (χ2v) is 7.19. The van der Waals surface area contributed by atoms with Crippen molar-refractivity contribution in [3.05, 3.63) is 46.2 Å². The molecule has 0 N–H and O–H groups in total. The van der Waals surface area contributed by atoms with Crippen molar-refractivity contribution in [2.45, 2.75) is 25.7 Å². The first kappa shape index (κ1) is 15.1. The van der Waals surface area contributed by atoms with Crippen LogP contribution in [-0.2, 0) is 0 Å². The Morgan fingerprint density at radius 1 is 1.25 bits per heavy atom. The highest BCUT2D eigenvalue weighted by atomic mass is 32.1. The van der Waals surface area contributed by atoms with Gasteiger partial charge in [-0.15, -0.1) is 21.5 Å². The summed E-state index contributed by atoms with van der Waals surface area (Å²) < 4.78 is 11.0. The molecular formula is C17H17N3O3S. The standard InChI is InChI=1S/C17H17N3O3S/c1-11-4-5-14(24-11)17(21)20-8-6-12(7-9-20)15-18-19-16(23-15)13-3-2-10-22-13/h2-5,10,12H,6-9H2,1H3. The minimum absolute atomic E-state index is 0.119. The number of aromatic nitrogens is 2. The van der Waals surface area contributed by atoms with Crippen molar-refractivity contribution < 1.29 is 13.6 Å². The number of carbonyl (C=O) groups is 1. The number of hydrogen-bond acceptors (Lipinski definition) is 6. The molecular weight excluding hydrogens is 326 g/mol. The Hall–Kier alpha value is -2.41. The lowest BCUT2D eigenvalue weighted by molar-refractivity contribution is 0.0711. The third-order valence-corrected chi connectivity index (χ3v) is 5.24. The smallest absolute Gasteiger partial charge is 0.283 e. The fraction of sp³-hybridized carbons (Fsp3) is 0.353. The summed E-state index contributed by atoms with van der Waals surface area (Å²) in [5.41, 5.74) is 0. The van der Waals surface area contributed by atoms with E-state index in [0.29, 0.717) is 30.6 Å². The van der Waals surface area contributed by atoms with Crippen molar-refractivity contribution in [1.82, 2.24) is 15.1 Å². The van der Waals surface area contributed by atoms with Crippen molar-refractivity contribution in [1.29, 1.82) is 0 Å². The van der Waals surface area contributed by atoms with Crippen LogP contribution in [0.15, 0.2) is 39.4 Å². The number of aryl methyl sites for hydroxylation is 1. The molecule has 1 aliphatic rings. The van der Waals surface area contributed by atoms with Crippen LogP contribution in [0.1, 0.15) is 39.2 Å². The molecule has 0 bridgehead atoms. The van der Waals surface area contributed by atoms with Crippen LogP contribution in [0.25, 0.3) is 11.7 Å². The maximum absolute atomic E-state index is 12.5. The van der Waals surface area contributed by atoms with E-state index in [1.54, 1.807) is 29.7 Å². The predicted molar refractivity (Wildman–Crippen MR) is 88.9 cm³/mol. The lowest BCUT2D eigenvalue weighted by Gasteiger charge is -2.30. The Morgan fingerprint density at radius 3 is 2.75 bits per heavy atom. The van der Waals surface area contributed by atoms with Gasteiger partial charge in [-0.05, 0) is 44.0 Å². The first-order valence-electron chi connectivity index (χ1n) is 7.93. The minimum Gasteiger partial charge on any atom is -0.459 e. The summed E-state index contributed by atoms with van der Waals surface area (Å²) in [6, 6.07) is 7.47. The number of amides is 1. The average molecular weight is 343 g/mol. The number of nitrogens with zero attached hydrogens (tertiary/aromatic N) is 3. The molecule has 0 aromatic carbocycles. The Labute approximate surface area is 143 Å². The molecule has 0 saturated carbocycles. The molecule has 0 spiro atoms. The molecule has 0 unspecified atom stereocenters. The molecule has 1 amide bonds. The molecule has 0 radical (unpaired) electrons. The first-order valence-corrected chi connectivity index (χ1v) is 8.75.